The normalized spacial score (nSPS) is 9.50. The van der Waals surface area contributed by atoms with Crippen molar-refractivity contribution in [1.82, 2.24) is 4.57 Å². The topological polar surface area (TPSA) is 48.3 Å². The maximum absolute atomic E-state index is 11.2. The maximum Gasteiger partial charge on any atom is 0.354 e. The molecule has 0 unspecified atom stereocenters. The molecule has 0 fully saturated rings. The standard InChI is InChI=1S/C10H11NO3/c1-3-4-11-6-8(7-12)5-9(11)10(13)14-2/h3,5-7H,1,4H2,2H3. The van der Waals surface area contributed by atoms with E-state index < -0.39 is 5.97 Å². The molecule has 0 aliphatic heterocycles. The summed E-state index contributed by atoms with van der Waals surface area (Å²) in [4.78, 5) is 21.7. The van der Waals surface area contributed by atoms with Crippen LogP contribution in [0.5, 0.6) is 0 Å². The monoisotopic (exact) mass is 193 g/mol. The van der Waals surface area contributed by atoms with Crippen molar-refractivity contribution in [2.24, 2.45) is 0 Å². The highest BCUT2D eigenvalue weighted by Gasteiger charge is 2.12. The molecule has 1 aromatic rings. The third kappa shape index (κ3) is 1.90. The Morgan fingerprint density at radius 1 is 1.71 bits per heavy atom. The Hall–Kier alpha value is -1.84. The fraction of sp³-hybridized carbons (Fsp3) is 0.200. The summed E-state index contributed by atoms with van der Waals surface area (Å²) in [5, 5.41) is 0. The first-order valence-electron chi connectivity index (χ1n) is 4.07. The van der Waals surface area contributed by atoms with Crippen molar-refractivity contribution in [3.63, 3.8) is 0 Å². The van der Waals surface area contributed by atoms with E-state index in [0.29, 0.717) is 24.1 Å². The summed E-state index contributed by atoms with van der Waals surface area (Å²) < 4.78 is 6.18. The van der Waals surface area contributed by atoms with Gasteiger partial charge in [-0.2, -0.15) is 0 Å². The summed E-state index contributed by atoms with van der Waals surface area (Å²) >= 11 is 0. The van der Waals surface area contributed by atoms with Gasteiger partial charge in [-0.05, 0) is 6.07 Å². The minimum atomic E-state index is -0.458. The molecule has 1 rings (SSSR count). The molecule has 0 aliphatic rings. The van der Waals surface area contributed by atoms with Crippen LogP contribution in [0, 0.1) is 0 Å². The number of methoxy groups -OCH3 is 1. The van der Waals surface area contributed by atoms with E-state index in [1.807, 2.05) is 0 Å². The molecule has 1 aromatic heterocycles. The smallest absolute Gasteiger partial charge is 0.354 e. The number of carbonyl (C=O) groups is 2. The number of aromatic nitrogens is 1. The molecule has 0 amide bonds. The van der Waals surface area contributed by atoms with Crippen molar-refractivity contribution in [3.8, 4) is 0 Å². The van der Waals surface area contributed by atoms with Crippen LogP contribution in [-0.4, -0.2) is 23.9 Å². The van der Waals surface area contributed by atoms with Crippen LogP contribution in [-0.2, 0) is 11.3 Å². The number of allylic oxidation sites excluding steroid dienone is 1. The van der Waals surface area contributed by atoms with Gasteiger partial charge in [-0.15, -0.1) is 6.58 Å². The van der Waals surface area contributed by atoms with Gasteiger partial charge in [-0.25, -0.2) is 4.79 Å². The number of esters is 1. The summed E-state index contributed by atoms with van der Waals surface area (Å²) in [7, 11) is 1.30. The minimum Gasteiger partial charge on any atom is -0.464 e. The zero-order chi connectivity index (χ0) is 10.6. The Morgan fingerprint density at radius 2 is 2.43 bits per heavy atom. The number of hydrogen-bond donors (Lipinski definition) is 0. The maximum atomic E-state index is 11.2. The van der Waals surface area contributed by atoms with Crippen molar-refractivity contribution in [2.45, 2.75) is 6.54 Å². The van der Waals surface area contributed by atoms with Gasteiger partial charge in [-0.3, -0.25) is 4.79 Å². The van der Waals surface area contributed by atoms with Crippen LogP contribution in [0.3, 0.4) is 0 Å². The molecule has 1 heterocycles. The summed E-state index contributed by atoms with van der Waals surface area (Å²) in [6.45, 7) is 4.03. The van der Waals surface area contributed by atoms with Gasteiger partial charge < -0.3 is 9.30 Å². The molecule has 0 aromatic carbocycles. The van der Waals surface area contributed by atoms with Gasteiger partial charge in [0.15, 0.2) is 6.29 Å². The van der Waals surface area contributed by atoms with E-state index in [0.717, 1.165) is 0 Å². The average Bonchev–Trinajstić information content (AvgIpc) is 2.61. The number of aldehydes is 1. The lowest BCUT2D eigenvalue weighted by Gasteiger charge is -2.03. The minimum absolute atomic E-state index is 0.356. The summed E-state index contributed by atoms with van der Waals surface area (Å²) in [5.41, 5.74) is 0.807. The second kappa shape index (κ2) is 4.41. The molecule has 74 valence electrons. The van der Waals surface area contributed by atoms with Crippen LogP contribution in [0.15, 0.2) is 24.9 Å². The van der Waals surface area contributed by atoms with Crippen molar-refractivity contribution in [2.75, 3.05) is 7.11 Å². The van der Waals surface area contributed by atoms with Crippen molar-refractivity contribution in [1.29, 1.82) is 0 Å². The molecule has 0 aliphatic carbocycles. The van der Waals surface area contributed by atoms with Crippen LogP contribution >= 0.6 is 0 Å². The Balaban J connectivity index is 3.10. The molecule has 0 saturated heterocycles. The summed E-state index contributed by atoms with van der Waals surface area (Å²) in [5.74, 6) is -0.458. The van der Waals surface area contributed by atoms with Crippen LogP contribution in [0.4, 0.5) is 0 Å². The number of rotatable bonds is 4. The molecule has 0 bridgehead atoms. The van der Waals surface area contributed by atoms with Gasteiger partial charge in [0, 0.05) is 18.3 Å². The first-order valence-corrected chi connectivity index (χ1v) is 4.07. The summed E-state index contributed by atoms with van der Waals surface area (Å²) in [6.07, 6.45) is 3.91. The first kappa shape index (κ1) is 10.2. The summed E-state index contributed by atoms with van der Waals surface area (Å²) in [6, 6.07) is 1.49. The quantitative estimate of drug-likeness (QED) is 0.411. The lowest BCUT2D eigenvalue weighted by molar-refractivity contribution is 0.0589. The first-order chi connectivity index (χ1) is 6.72. The molecular formula is C10H11NO3. The third-order valence-electron chi connectivity index (χ3n) is 1.77. The Labute approximate surface area is 81.8 Å². The molecule has 0 atom stereocenters. The van der Waals surface area contributed by atoms with Gasteiger partial charge in [-0.1, -0.05) is 6.08 Å². The lowest BCUT2D eigenvalue weighted by Crippen LogP contribution is -2.08. The number of nitrogens with zero attached hydrogens (tertiary/aromatic N) is 1. The third-order valence-corrected chi connectivity index (χ3v) is 1.77. The second-order valence-corrected chi connectivity index (χ2v) is 2.71. The van der Waals surface area contributed by atoms with Crippen LogP contribution < -0.4 is 0 Å². The van der Waals surface area contributed by atoms with E-state index >= 15 is 0 Å². The molecule has 4 nitrogen and oxygen atoms in total. The highest BCUT2D eigenvalue weighted by molar-refractivity contribution is 5.90. The largest absolute Gasteiger partial charge is 0.464 e. The van der Waals surface area contributed by atoms with Gasteiger partial charge >= 0.3 is 5.97 Å². The van der Waals surface area contributed by atoms with Crippen molar-refractivity contribution < 1.29 is 14.3 Å². The van der Waals surface area contributed by atoms with Gasteiger partial charge in [0.25, 0.3) is 0 Å². The second-order valence-electron chi connectivity index (χ2n) is 2.71. The number of ether oxygens (including phenoxy) is 1. The Morgan fingerprint density at radius 3 is 2.93 bits per heavy atom. The van der Waals surface area contributed by atoms with E-state index in [1.54, 1.807) is 16.8 Å². The van der Waals surface area contributed by atoms with Crippen LogP contribution in [0.25, 0.3) is 0 Å². The van der Waals surface area contributed by atoms with E-state index in [9.17, 15) is 9.59 Å². The SMILES string of the molecule is C=CCn1cc(C=O)cc1C(=O)OC. The average molecular weight is 193 g/mol. The van der Waals surface area contributed by atoms with Gasteiger partial charge in [0.05, 0.1) is 7.11 Å². The predicted molar refractivity (Wildman–Crippen MR) is 51.4 cm³/mol. The van der Waals surface area contributed by atoms with Crippen molar-refractivity contribution >= 4 is 12.3 Å². The van der Waals surface area contributed by atoms with E-state index in [2.05, 4.69) is 11.3 Å². The fourth-order valence-corrected chi connectivity index (χ4v) is 1.16. The molecule has 0 saturated carbocycles. The zero-order valence-electron chi connectivity index (χ0n) is 7.90. The zero-order valence-corrected chi connectivity index (χ0v) is 7.90. The molecule has 0 N–H and O–H groups in total. The van der Waals surface area contributed by atoms with Gasteiger partial charge in [0.2, 0.25) is 0 Å². The number of carbonyl (C=O) groups excluding carboxylic acids is 2. The van der Waals surface area contributed by atoms with Crippen LogP contribution in [0.2, 0.25) is 0 Å². The fourth-order valence-electron chi connectivity index (χ4n) is 1.16. The van der Waals surface area contributed by atoms with Gasteiger partial charge in [0.1, 0.15) is 5.69 Å². The molecule has 4 heteroatoms. The van der Waals surface area contributed by atoms with E-state index in [4.69, 9.17) is 0 Å². The Kier molecular flexibility index (Phi) is 3.23. The Bertz CT molecular complexity index is 365. The molecular weight excluding hydrogens is 182 g/mol. The molecule has 14 heavy (non-hydrogen) atoms. The highest BCUT2D eigenvalue weighted by atomic mass is 16.5. The van der Waals surface area contributed by atoms with Crippen LogP contribution in [0.1, 0.15) is 20.8 Å². The van der Waals surface area contributed by atoms with Crippen molar-refractivity contribution in [3.05, 3.63) is 36.2 Å². The highest BCUT2D eigenvalue weighted by Crippen LogP contribution is 2.08. The van der Waals surface area contributed by atoms with E-state index in [-0.39, 0.29) is 0 Å². The predicted octanol–water partition coefficient (Wildman–Crippen LogP) is 1.27. The molecule has 0 radical (unpaired) electrons. The van der Waals surface area contributed by atoms with E-state index in [1.165, 1.54) is 13.2 Å². The number of hydrogen-bond acceptors (Lipinski definition) is 3. The molecule has 0 spiro atoms. The lowest BCUT2D eigenvalue weighted by atomic mass is 10.3.